The van der Waals surface area contributed by atoms with E-state index < -0.39 is 0 Å². The van der Waals surface area contributed by atoms with Crippen LogP contribution in [0.4, 0.5) is 0 Å². The Balaban J connectivity index is 2.15. The molecule has 0 amide bonds. The summed E-state index contributed by atoms with van der Waals surface area (Å²) in [5.41, 5.74) is 7.43. The van der Waals surface area contributed by atoms with E-state index in [1.165, 1.54) is 5.56 Å². The van der Waals surface area contributed by atoms with E-state index in [2.05, 4.69) is 35.6 Å². The third-order valence-electron chi connectivity index (χ3n) is 2.76. The van der Waals surface area contributed by atoms with Gasteiger partial charge in [-0.05, 0) is 18.5 Å². The maximum atomic E-state index is 6.05. The first-order chi connectivity index (χ1) is 6.38. The largest absolute Gasteiger partial charge is 0.326 e. The Hall–Kier alpha value is -0.860. The molecule has 2 nitrogen and oxygen atoms in total. The second-order valence-electron chi connectivity index (χ2n) is 3.67. The predicted molar refractivity (Wildman–Crippen MR) is 54.6 cm³/mol. The summed E-state index contributed by atoms with van der Waals surface area (Å²) in [7, 11) is 0. The molecular weight excluding hydrogens is 160 g/mol. The summed E-state index contributed by atoms with van der Waals surface area (Å²) < 4.78 is 0. The van der Waals surface area contributed by atoms with Crippen LogP contribution in [0.25, 0.3) is 0 Å². The summed E-state index contributed by atoms with van der Waals surface area (Å²) in [6.07, 6.45) is 1.16. The highest BCUT2D eigenvalue weighted by Gasteiger charge is 2.22. The van der Waals surface area contributed by atoms with Crippen LogP contribution in [0.5, 0.6) is 0 Å². The van der Waals surface area contributed by atoms with Crippen LogP contribution >= 0.6 is 0 Å². The summed E-state index contributed by atoms with van der Waals surface area (Å²) in [4.78, 5) is 0. The minimum Gasteiger partial charge on any atom is -0.326 e. The number of nitrogens with one attached hydrogen (secondary N) is 1. The molecule has 3 N–H and O–H groups in total. The van der Waals surface area contributed by atoms with Crippen molar-refractivity contribution in [3.63, 3.8) is 0 Å². The van der Waals surface area contributed by atoms with Crippen molar-refractivity contribution in [3.8, 4) is 0 Å². The van der Waals surface area contributed by atoms with Gasteiger partial charge in [-0.15, -0.1) is 0 Å². The Morgan fingerprint density at radius 3 is 2.69 bits per heavy atom. The Morgan fingerprint density at radius 1 is 1.23 bits per heavy atom. The molecule has 13 heavy (non-hydrogen) atoms. The van der Waals surface area contributed by atoms with Crippen LogP contribution < -0.4 is 11.1 Å². The maximum absolute atomic E-state index is 6.05. The first kappa shape index (κ1) is 8.73. The van der Waals surface area contributed by atoms with Gasteiger partial charge in [0.15, 0.2) is 0 Å². The van der Waals surface area contributed by atoms with Gasteiger partial charge in [0.2, 0.25) is 0 Å². The zero-order valence-corrected chi connectivity index (χ0v) is 7.74. The Labute approximate surface area is 79.1 Å². The van der Waals surface area contributed by atoms with Crippen molar-refractivity contribution in [2.24, 2.45) is 5.73 Å². The first-order valence-electron chi connectivity index (χ1n) is 4.89. The van der Waals surface area contributed by atoms with Gasteiger partial charge in [-0.3, -0.25) is 0 Å². The fourth-order valence-electron chi connectivity index (χ4n) is 2.00. The summed E-state index contributed by atoms with van der Waals surface area (Å²) in [6, 6.07) is 10.9. The number of hydrogen-bond donors (Lipinski definition) is 2. The van der Waals surface area contributed by atoms with Crippen molar-refractivity contribution in [1.82, 2.24) is 5.32 Å². The molecule has 1 saturated heterocycles. The van der Waals surface area contributed by atoms with Gasteiger partial charge in [0.1, 0.15) is 0 Å². The van der Waals surface area contributed by atoms with Gasteiger partial charge in [0, 0.05) is 18.5 Å². The van der Waals surface area contributed by atoms with E-state index in [4.69, 9.17) is 5.73 Å². The fourth-order valence-corrected chi connectivity index (χ4v) is 2.00. The molecule has 1 aromatic rings. The molecule has 2 rings (SSSR count). The van der Waals surface area contributed by atoms with E-state index in [0.717, 1.165) is 19.5 Å². The molecule has 70 valence electrons. The molecule has 0 saturated carbocycles. The predicted octanol–water partition coefficient (Wildman–Crippen LogP) is 1.09. The first-order valence-corrected chi connectivity index (χ1v) is 4.89. The van der Waals surface area contributed by atoms with Gasteiger partial charge in [-0.1, -0.05) is 30.3 Å². The van der Waals surface area contributed by atoms with Gasteiger partial charge in [0.05, 0.1) is 0 Å². The van der Waals surface area contributed by atoms with E-state index in [1.54, 1.807) is 0 Å². The number of piperidine rings is 1. The molecule has 0 spiro atoms. The van der Waals surface area contributed by atoms with Crippen LogP contribution in [0, 0.1) is 0 Å². The zero-order valence-electron chi connectivity index (χ0n) is 7.74. The van der Waals surface area contributed by atoms with Crippen LogP contribution in [0.2, 0.25) is 0 Å². The number of rotatable bonds is 1. The molecule has 1 aliphatic rings. The number of nitrogens with two attached hydrogens (primary N) is 1. The molecule has 1 aliphatic heterocycles. The van der Waals surface area contributed by atoms with E-state index in [1.807, 2.05) is 0 Å². The monoisotopic (exact) mass is 176 g/mol. The second-order valence-corrected chi connectivity index (χ2v) is 3.67. The van der Waals surface area contributed by atoms with Gasteiger partial charge in [-0.25, -0.2) is 0 Å². The van der Waals surface area contributed by atoms with Gasteiger partial charge >= 0.3 is 0 Å². The van der Waals surface area contributed by atoms with Gasteiger partial charge in [0.25, 0.3) is 0 Å². The minimum atomic E-state index is 0.274. The van der Waals surface area contributed by atoms with Crippen LogP contribution in [0.15, 0.2) is 30.3 Å². The zero-order chi connectivity index (χ0) is 9.10. The average molecular weight is 176 g/mol. The lowest BCUT2D eigenvalue weighted by Gasteiger charge is -2.29. The van der Waals surface area contributed by atoms with E-state index in [9.17, 15) is 0 Å². The molecule has 0 radical (unpaired) electrons. The van der Waals surface area contributed by atoms with Crippen molar-refractivity contribution < 1.29 is 0 Å². The van der Waals surface area contributed by atoms with Gasteiger partial charge in [-0.2, -0.15) is 0 Å². The molecule has 0 unspecified atom stereocenters. The molecule has 0 aliphatic carbocycles. The SMILES string of the molecule is N[C@@H]1CNCC[C@@H]1c1ccccc1. The molecule has 1 fully saturated rings. The Morgan fingerprint density at radius 2 is 2.00 bits per heavy atom. The Bertz CT molecular complexity index is 258. The summed E-state index contributed by atoms with van der Waals surface area (Å²) >= 11 is 0. The third-order valence-corrected chi connectivity index (χ3v) is 2.76. The van der Waals surface area contributed by atoms with E-state index in [0.29, 0.717) is 5.92 Å². The van der Waals surface area contributed by atoms with Gasteiger partial charge < -0.3 is 11.1 Å². The van der Waals surface area contributed by atoms with Crippen molar-refractivity contribution in [2.45, 2.75) is 18.4 Å². The van der Waals surface area contributed by atoms with Crippen LogP contribution in [0.1, 0.15) is 17.9 Å². The van der Waals surface area contributed by atoms with Crippen molar-refractivity contribution in [2.75, 3.05) is 13.1 Å². The lowest BCUT2D eigenvalue weighted by molar-refractivity contribution is 0.403. The van der Waals surface area contributed by atoms with Crippen LogP contribution in [-0.2, 0) is 0 Å². The van der Waals surface area contributed by atoms with Crippen molar-refractivity contribution >= 4 is 0 Å². The fraction of sp³-hybridized carbons (Fsp3) is 0.455. The summed E-state index contributed by atoms with van der Waals surface area (Å²) in [5, 5.41) is 3.31. The molecule has 0 bridgehead atoms. The highest BCUT2D eigenvalue weighted by molar-refractivity contribution is 5.22. The second kappa shape index (κ2) is 3.90. The van der Waals surface area contributed by atoms with Crippen molar-refractivity contribution in [1.29, 1.82) is 0 Å². The van der Waals surface area contributed by atoms with Crippen LogP contribution in [-0.4, -0.2) is 19.1 Å². The molecule has 0 aromatic heterocycles. The van der Waals surface area contributed by atoms with E-state index >= 15 is 0 Å². The van der Waals surface area contributed by atoms with Crippen molar-refractivity contribution in [3.05, 3.63) is 35.9 Å². The molecule has 1 aromatic carbocycles. The lowest BCUT2D eigenvalue weighted by Crippen LogP contribution is -2.44. The molecule has 2 atom stereocenters. The normalized spacial score (nSPS) is 28.7. The quantitative estimate of drug-likeness (QED) is 0.672. The maximum Gasteiger partial charge on any atom is 0.0235 e. The summed E-state index contributed by atoms with van der Waals surface area (Å²) in [5.74, 6) is 0.544. The van der Waals surface area contributed by atoms with Crippen LogP contribution in [0.3, 0.4) is 0 Å². The highest BCUT2D eigenvalue weighted by Crippen LogP contribution is 2.23. The minimum absolute atomic E-state index is 0.274. The molecule has 1 heterocycles. The van der Waals surface area contributed by atoms with E-state index in [-0.39, 0.29) is 6.04 Å². The highest BCUT2D eigenvalue weighted by atomic mass is 14.9. The third kappa shape index (κ3) is 1.90. The lowest BCUT2D eigenvalue weighted by atomic mass is 9.87. The average Bonchev–Trinajstić information content (AvgIpc) is 2.20. The standard InChI is InChI=1S/C11H16N2/c12-11-8-13-7-6-10(11)9-4-2-1-3-5-9/h1-5,10-11,13H,6-8,12H2/t10-,11-/m1/s1. The summed E-state index contributed by atoms with van der Waals surface area (Å²) in [6.45, 7) is 2.03. The number of benzene rings is 1. The topological polar surface area (TPSA) is 38.0 Å². The molecular formula is C11H16N2. The molecule has 2 heteroatoms. The Kier molecular flexibility index (Phi) is 2.62. The number of hydrogen-bond acceptors (Lipinski definition) is 2. The smallest absolute Gasteiger partial charge is 0.0235 e.